The van der Waals surface area contributed by atoms with E-state index in [1.54, 1.807) is 6.20 Å². The summed E-state index contributed by atoms with van der Waals surface area (Å²) in [6.45, 7) is 1.98. The van der Waals surface area contributed by atoms with Crippen LogP contribution in [0.5, 0.6) is 0 Å². The average Bonchev–Trinajstić information content (AvgIpc) is 3.16. The molecule has 4 heteroatoms. The first-order chi connectivity index (χ1) is 12.2. The van der Waals surface area contributed by atoms with Crippen LogP contribution in [0.2, 0.25) is 0 Å². The summed E-state index contributed by atoms with van der Waals surface area (Å²) in [6, 6.07) is 19.4. The van der Waals surface area contributed by atoms with Gasteiger partial charge < -0.3 is 9.88 Å². The van der Waals surface area contributed by atoms with Gasteiger partial charge in [0, 0.05) is 24.0 Å². The first-order valence-corrected chi connectivity index (χ1v) is 8.11. The van der Waals surface area contributed by atoms with E-state index >= 15 is 0 Å². The third-order valence-electron chi connectivity index (χ3n) is 4.16. The summed E-state index contributed by atoms with van der Waals surface area (Å²) in [4.78, 5) is 17.4. The monoisotopic (exact) mass is 327 g/mol. The normalized spacial score (nSPS) is 10.8. The Morgan fingerprint density at radius 1 is 1.00 bits per heavy atom. The zero-order valence-electron chi connectivity index (χ0n) is 13.8. The highest BCUT2D eigenvalue weighted by Gasteiger charge is 2.14. The summed E-state index contributed by atoms with van der Waals surface area (Å²) in [5.74, 6) is -0.148. The minimum Gasteiger partial charge on any atom is -0.323 e. The summed E-state index contributed by atoms with van der Waals surface area (Å²) in [5, 5.41) is 4.01. The van der Waals surface area contributed by atoms with Crippen molar-refractivity contribution >= 4 is 22.5 Å². The number of nitrogens with zero attached hydrogens (tertiary/aromatic N) is 2. The molecule has 0 radical (unpaired) electrons. The van der Waals surface area contributed by atoms with Crippen LogP contribution in [0.25, 0.3) is 16.6 Å². The number of aromatic nitrogens is 2. The van der Waals surface area contributed by atoms with Crippen molar-refractivity contribution < 1.29 is 4.79 Å². The Morgan fingerprint density at radius 3 is 2.64 bits per heavy atom. The molecule has 25 heavy (non-hydrogen) atoms. The molecule has 122 valence electrons. The summed E-state index contributed by atoms with van der Waals surface area (Å²) in [7, 11) is 0. The van der Waals surface area contributed by atoms with Crippen LogP contribution >= 0.6 is 0 Å². The molecule has 1 N–H and O–H groups in total. The van der Waals surface area contributed by atoms with Gasteiger partial charge in [-0.3, -0.25) is 9.78 Å². The van der Waals surface area contributed by atoms with Crippen molar-refractivity contribution in [1.82, 2.24) is 9.55 Å². The van der Waals surface area contributed by atoms with Crippen molar-refractivity contribution in [2.24, 2.45) is 0 Å². The lowest BCUT2D eigenvalue weighted by Gasteiger charge is -2.13. The van der Waals surface area contributed by atoms with E-state index in [4.69, 9.17) is 0 Å². The van der Waals surface area contributed by atoms with E-state index < -0.39 is 0 Å². The molecule has 0 saturated carbocycles. The highest BCUT2D eigenvalue weighted by molar-refractivity contribution is 6.10. The Labute approximate surface area is 145 Å². The molecule has 0 atom stereocenters. The number of rotatable bonds is 3. The lowest BCUT2D eigenvalue weighted by atomic mass is 10.1. The molecule has 0 fully saturated rings. The zero-order valence-corrected chi connectivity index (χ0v) is 13.8. The average molecular weight is 327 g/mol. The SMILES string of the molecule is Cc1ccc(-n2cccc2)c(C(=O)Nc2cccc3cccnc23)c1. The molecule has 0 aliphatic heterocycles. The third-order valence-corrected chi connectivity index (χ3v) is 4.16. The molecule has 2 aromatic carbocycles. The minimum atomic E-state index is -0.148. The number of benzene rings is 2. The molecule has 0 spiro atoms. The highest BCUT2D eigenvalue weighted by atomic mass is 16.1. The molecule has 4 rings (SSSR count). The van der Waals surface area contributed by atoms with E-state index in [0.29, 0.717) is 11.3 Å². The van der Waals surface area contributed by atoms with Gasteiger partial charge in [-0.2, -0.15) is 0 Å². The van der Waals surface area contributed by atoms with Crippen molar-refractivity contribution in [1.29, 1.82) is 0 Å². The number of carbonyl (C=O) groups excluding carboxylic acids is 1. The molecule has 0 unspecified atom stereocenters. The fourth-order valence-corrected chi connectivity index (χ4v) is 2.95. The summed E-state index contributed by atoms with van der Waals surface area (Å²) >= 11 is 0. The fourth-order valence-electron chi connectivity index (χ4n) is 2.95. The van der Waals surface area contributed by atoms with Gasteiger partial charge in [0.1, 0.15) is 0 Å². The third kappa shape index (κ3) is 2.90. The molecule has 0 bridgehead atoms. The molecular formula is C21H17N3O. The number of para-hydroxylation sites is 1. The summed E-state index contributed by atoms with van der Waals surface area (Å²) < 4.78 is 1.94. The van der Waals surface area contributed by atoms with Crippen LogP contribution in [0.4, 0.5) is 5.69 Å². The molecule has 0 saturated heterocycles. The topological polar surface area (TPSA) is 46.9 Å². The molecular weight excluding hydrogens is 310 g/mol. The van der Waals surface area contributed by atoms with Gasteiger partial charge in [-0.1, -0.05) is 29.8 Å². The van der Waals surface area contributed by atoms with E-state index in [0.717, 1.165) is 22.2 Å². The number of carbonyl (C=O) groups is 1. The maximum atomic E-state index is 13.0. The predicted molar refractivity (Wildman–Crippen MR) is 100 cm³/mol. The quantitative estimate of drug-likeness (QED) is 0.598. The highest BCUT2D eigenvalue weighted by Crippen LogP contribution is 2.23. The van der Waals surface area contributed by atoms with Crippen molar-refractivity contribution in [2.45, 2.75) is 6.92 Å². The number of pyridine rings is 1. The Balaban J connectivity index is 1.75. The number of hydrogen-bond donors (Lipinski definition) is 1. The van der Waals surface area contributed by atoms with Gasteiger partial charge in [0.15, 0.2) is 0 Å². The number of hydrogen-bond acceptors (Lipinski definition) is 2. The van der Waals surface area contributed by atoms with E-state index in [1.807, 2.05) is 84.5 Å². The van der Waals surface area contributed by atoms with E-state index in [-0.39, 0.29) is 5.91 Å². The van der Waals surface area contributed by atoms with E-state index in [9.17, 15) is 4.79 Å². The first-order valence-electron chi connectivity index (χ1n) is 8.11. The van der Waals surface area contributed by atoms with Gasteiger partial charge in [-0.15, -0.1) is 0 Å². The van der Waals surface area contributed by atoms with Crippen LogP contribution in [0.1, 0.15) is 15.9 Å². The van der Waals surface area contributed by atoms with Gasteiger partial charge in [0.2, 0.25) is 0 Å². The van der Waals surface area contributed by atoms with Crippen molar-refractivity contribution in [3.8, 4) is 5.69 Å². The first kappa shape index (κ1) is 15.1. The molecule has 2 heterocycles. The lowest BCUT2D eigenvalue weighted by molar-refractivity contribution is 0.102. The van der Waals surface area contributed by atoms with E-state index in [2.05, 4.69) is 10.3 Å². The molecule has 1 amide bonds. The van der Waals surface area contributed by atoms with Gasteiger partial charge in [-0.05, 0) is 43.3 Å². The number of nitrogens with one attached hydrogen (secondary N) is 1. The molecule has 0 aliphatic rings. The lowest BCUT2D eigenvalue weighted by Crippen LogP contribution is -2.15. The minimum absolute atomic E-state index is 0.148. The number of anilines is 1. The molecule has 2 aromatic heterocycles. The van der Waals surface area contributed by atoms with Gasteiger partial charge in [0.25, 0.3) is 5.91 Å². The van der Waals surface area contributed by atoms with Crippen LogP contribution in [-0.4, -0.2) is 15.5 Å². The Morgan fingerprint density at radius 2 is 1.80 bits per heavy atom. The molecule has 4 nitrogen and oxygen atoms in total. The van der Waals surface area contributed by atoms with Gasteiger partial charge in [0.05, 0.1) is 22.5 Å². The van der Waals surface area contributed by atoms with Crippen LogP contribution in [-0.2, 0) is 0 Å². The van der Waals surface area contributed by atoms with Crippen molar-refractivity contribution in [3.63, 3.8) is 0 Å². The van der Waals surface area contributed by atoms with Gasteiger partial charge >= 0.3 is 0 Å². The van der Waals surface area contributed by atoms with Crippen LogP contribution in [0.3, 0.4) is 0 Å². The Hall–Kier alpha value is -3.40. The smallest absolute Gasteiger partial charge is 0.257 e. The number of amides is 1. The Kier molecular flexibility index (Phi) is 3.78. The van der Waals surface area contributed by atoms with E-state index in [1.165, 1.54) is 0 Å². The van der Waals surface area contributed by atoms with Crippen molar-refractivity contribution in [3.05, 3.63) is 90.4 Å². The van der Waals surface area contributed by atoms with Crippen LogP contribution in [0, 0.1) is 6.92 Å². The fraction of sp³-hybridized carbons (Fsp3) is 0.0476. The maximum absolute atomic E-state index is 13.0. The van der Waals surface area contributed by atoms with Gasteiger partial charge in [-0.25, -0.2) is 0 Å². The Bertz CT molecular complexity index is 1050. The second-order valence-electron chi connectivity index (χ2n) is 5.95. The zero-order chi connectivity index (χ0) is 17.2. The second-order valence-corrected chi connectivity index (χ2v) is 5.95. The predicted octanol–water partition coefficient (Wildman–Crippen LogP) is 4.59. The van der Waals surface area contributed by atoms with Crippen LogP contribution < -0.4 is 5.32 Å². The molecule has 0 aliphatic carbocycles. The number of fused-ring (bicyclic) bond motifs is 1. The maximum Gasteiger partial charge on any atom is 0.257 e. The largest absolute Gasteiger partial charge is 0.323 e. The standard InChI is InChI=1S/C21H17N3O/c1-15-9-10-19(24-12-2-3-13-24)17(14-15)21(25)23-18-8-4-6-16-7-5-11-22-20(16)18/h2-14H,1H3,(H,23,25). The van der Waals surface area contributed by atoms with Crippen LogP contribution in [0.15, 0.2) is 79.3 Å². The molecule has 4 aromatic rings. The second kappa shape index (κ2) is 6.24. The summed E-state index contributed by atoms with van der Waals surface area (Å²) in [5.41, 5.74) is 4.01. The summed E-state index contributed by atoms with van der Waals surface area (Å²) in [6.07, 6.45) is 5.59. The number of aryl methyl sites for hydroxylation is 1. The van der Waals surface area contributed by atoms with Crippen molar-refractivity contribution in [2.75, 3.05) is 5.32 Å².